The van der Waals surface area contributed by atoms with Crippen LogP contribution in [0.4, 0.5) is 0 Å². The summed E-state index contributed by atoms with van der Waals surface area (Å²) in [5, 5.41) is 0. The van der Waals surface area contributed by atoms with Crippen LogP contribution in [-0.2, 0) is 33.6 Å². The first-order valence-corrected chi connectivity index (χ1v) is 7.29. The Bertz CT molecular complexity index is 377. The lowest BCUT2D eigenvalue weighted by Crippen LogP contribution is -2.52. The van der Waals surface area contributed by atoms with Crippen molar-refractivity contribution in [2.45, 2.75) is 65.6 Å². The summed E-state index contributed by atoms with van der Waals surface area (Å²) < 4.78 is 9.83. The van der Waals surface area contributed by atoms with Crippen LogP contribution in [0.3, 0.4) is 0 Å². The summed E-state index contributed by atoms with van der Waals surface area (Å²) in [4.78, 5) is 46.1. The Kier molecular flexibility index (Phi) is 8.26. The van der Waals surface area contributed by atoms with Gasteiger partial charge in [0.1, 0.15) is 5.78 Å². The fourth-order valence-corrected chi connectivity index (χ4v) is 1.44. The van der Waals surface area contributed by atoms with E-state index in [4.69, 9.17) is 19.2 Å². The third-order valence-corrected chi connectivity index (χ3v) is 2.47. The minimum absolute atomic E-state index is 0.0505. The highest BCUT2D eigenvalue weighted by molar-refractivity contribution is 6.04. The molecule has 7 nitrogen and oxygen atoms in total. The van der Waals surface area contributed by atoms with Gasteiger partial charge in [-0.3, -0.25) is 0 Å². The number of hydrogen-bond donors (Lipinski definition) is 0. The number of carbonyl (C=O) groups is 3. The topological polar surface area (TPSA) is 88.1 Å². The minimum atomic E-state index is -2.11. The molecule has 0 atom stereocenters. The molecule has 0 radical (unpaired) electrons. The summed E-state index contributed by atoms with van der Waals surface area (Å²) in [6, 6.07) is 0. The van der Waals surface area contributed by atoms with E-state index in [9.17, 15) is 14.4 Å². The third-order valence-electron chi connectivity index (χ3n) is 2.47. The van der Waals surface area contributed by atoms with Crippen molar-refractivity contribution in [3.05, 3.63) is 0 Å². The van der Waals surface area contributed by atoms with Crippen LogP contribution < -0.4 is 0 Å². The van der Waals surface area contributed by atoms with Crippen LogP contribution in [0, 0.1) is 0 Å². The Morgan fingerprint density at radius 2 is 1.32 bits per heavy atom. The van der Waals surface area contributed by atoms with Gasteiger partial charge in [0, 0.05) is 12.8 Å². The normalized spacial score (nSPS) is 11.9. The Morgan fingerprint density at radius 1 is 0.864 bits per heavy atom. The lowest BCUT2D eigenvalue weighted by Gasteiger charge is -2.30. The maximum Gasteiger partial charge on any atom is 0.353 e. The second-order valence-electron chi connectivity index (χ2n) is 5.75. The van der Waals surface area contributed by atoms with Gasteiger partial charge in [-0.05, 0) is 41.5 Å². The maximum absolute atomic E-state index is 12.3. The molecule has 0 fully saturated rings. The summed E-state index contributed by atoms with van der Waals surface area (Å²) in [7, 11) is 0. The molecule has 0 unspecified atom stereocenters. The van der Waals surface area contributed by atoms with Crippen molar-refractivity contribution in [2.24, 2.45) is 0 Å². The van der Waals surface area contributed by atoms with Crippen LogP contribution in [0.2, 0.25) is 0 Å². The highest BCUT2D eigenvalue weighted by Crippen LogP contribution is 2.26. The Hall–Kier alpha value is -1.47. The van der Waals surface area contributed by atoms with E-state index in [0.717, 1.165) is 0 Å². The standard InChI is InChI=1S/C15H26O7/c1-7-19-12(17)15(10-9-11(3)16,13(18)20-8-2)22-21-14(4,5)6/h7-10H2,1-6H3. The zero-order valence-corrected chi connectivity index (χ0v) is 14.2. The largest absolute Gasteiger partial charge is 0.463 e. The predicted molar refractivity (Wildman–Crippen MR) is 77.8 cm³/mol. The van der Waals surface area contributed by atoms with E-state index in [1.54, 1.807) is 34.6 Å². The fourth-order valence-electron chi connectivity index (χ4n) is 1.44. The van der Waals surface area contributed by atoms with Gasteiger partial charge < -0.3 is 14.3 Å². The molecule has 0 aliphatic heterocycles. The first-order valence-electron chi connectivity index (χ1n) is 7.29. The molecule has 0 N–H and O–H groups in total. The van der Waals surface area contributed by atoms with Crippen molar-refractivity contribution >= 4 is 17.7 Å². The van der Waals surface area contributed by atoms with E-state index in [1.807, 2.05) is 0 Å². The van der Waals surface area contributed by atoms with Gasteiger partial charge in [0.15, 0.2) is 0 Å². The summed E-state index contributed by atoms with van der Waals surface area (Å²) >= 11 is 0. The lowest BCUT2D eigenvalue weighted by molar-refractivity contribution is -0.391. The highest BCUT2D eigenvalue weighted by atomic mass is 17.2. The van der Waals surface area contributed by atoms with E-state index in [0.29, 0.717) is 0 Å². The summed E-state index contributed by atoms with van der Waals surface area (Å²) in [6.45, 7) is 9.74. The molecule has 0 aliphatic carbocycles. The zero-order valence-electron chi connectivity index (χ0n) is 14.2. The molecule has 22 heavy (non-hydrogen) atoms. The van der Waals surface area contributed by atoms with Gasteiger partial charge in [-0.25, -0.2) is 19.4 Å². The maximum atomic E-state index is 12.3. The van der Waals surface area contributed by atoms with Gasteiger partial charge in [-0.1, -0.05) is 0 Å². The van der Waals surface area contributed by atoms with Gasteiger partial charge in [-0.15, -0.1) is 0 Å². The number of hydrogen-bond acceptors (Lipinski definition) is 7. The number of ether oxygens (including phenoxy) is 2. The van der Waals surface area contributed by atoms with Crippen molar-refractivity contribution in [1.29, 1.82) is 0 Å². The average molecular weight is 318 g/mol. The Morgan fingerprint density at radius 3 is 1.64 bits per heavy atom. The van der Waals surface area contributed by atoms with E-state index >= 15 is 0 Å². The molecule has 0 spiro atoms. The van der Waals surface area contributed by atoms with E-state index in [-0.39, 0.29) is 31.8 Å². The van der Waals surface area contributed by atoms with Crippen molar-refractivity contribution in [3.8, 4) is 0 Å². The van der Waals surface area contributed by atoms with E-state index < -0.39 is 23.1 Å². The van der Waals surface area contributed by atoms with Gasteiger partial charge >= 0.3 is 11.9 Å². The minimum Gasteiger partial charge on any atom is -0.463 e. The fraction of sp³-hybridized carbons (Fsp3) is 0.800. The third kappa shape index (κ3) is 6.53. The molecule has 0 saturated carbocycles. The quantitative estimate of drug-likeness (QED) is 0.278. The lowest BCUT2D eigenvalue weighted by atomic mass is 9.96. The molecule has 0 heterocycles. The molecule has 0 aromatic carbocycles. The molecule has 0 amide bonds. The second kappa shape index (κ2) is 8.85. The monoisotopic (exact) mass is 318 g/mol. The summed E-state index contributed by atoms with van der Waals surface area (Å²) in [5.41, 5.74) is -2.87. The molecule has 128 valence electrons. The predicted octanol–water partition coefficient (Wildman–Crippen LogP) is 1.97. The van der Waals surface area contributed by atoms with Gasteiger partial charge in [0.25, 0.3) is 5.60 Å². The highest BCUT2D eigenvalue weighted by Gasteiger charge is 2.52. The molecule has 0 rings (SSSR count). The zero-order chi connectivity index (χ0) is 17.4. The first-order chi connectivity index (χ1) is 10.1. The van der Waals surface area contributed by atoms with Crippen molar-refractivity contribution < 1.29 is 33.6 Å². The van der Waals surface area contributed by atoms with Crippen LogP contribution in [0.1, 0.15) is 54.4 Å². The molecule has 0 aliphatic rings. The number of esters is 2. The summed E-state index contributed by atoms with van der Waals surface area (Å²) in [6.07, 6.45) is -0.263. The number of carbonyl (C=O) groups excluding carboxylic acids is 3. The van der Waals surface area contributed by atoms with E-state index in [1.165, 1.54) is 6.92 Å². The van der Waals surface area contributed by atoms with Crippen molar-refractivity contribution in [1.82, 2.24) is 0 Å². The molecule has 0 saturated heterocycles. The molecule has 7 heteroatoms. The Labute approximate surface area is 131 Å². The number of rotatable bonds is 9. The van der Waals surface area contributed by atoms with Crippen molar-refractivity contribution in [2.75, 3.05) is 13.2 Å². The summed E-state index contributed by atoms with van der Waals surface area (Å²) in [5.74, 6) is -2.06. The van der Waals surface area contributed by atoms with Crippen LogP contribution >= 0.6 is 0 Å². The van der Waals surface area contributed by atoms with Crippen LogP contribution in [0.5, 0.6) is 0 Å². The smallest absolute Gasteiger partial charge is 0.353 e. The van der Waals surface area contributed by atoms with Crippen LogP contribution in [0.15, 0.2) is 0 Å². The SMILES string of the molecule is CCOC(=O)C(CCC(C)=O)(OOC(C)(C)C)C(=O)OCC. The Balaban J connectivity index is 5.51. The molecule has 0 aromatic heterocycles. The second-order valence-corrected chi connectivity index (χ2v) is 5.75. The number of ketones is 1. The molecular formula is C15H26O7. The molecule has 0 aromatic rings. The van der Waals surface area contributed by atoms with Gasteiger partial charge in [0.2, 0.25) is 0 Å². The number of Topliss-reactive ketones (excluding diaryl/α,β-unsaturated/α-hetero) is 1. The van der Waals surface area contributed by atoms with Crippen LogP contribution in [-0.4, -0.2) is 42.1 Å². The van der Waals surface area contributed by atoms with Gasteiger partial charge in [0.05, 0.1) is 18.8 Å². The average Bonchev–Trinajstić information content (AvgIpc) is 2.38. The van der Waals surface area contributed by atoms with Crippen LogP contribution in [0.25, 0.3) is 0 Å². The molecular weight excluding hydrogens is 292 g/mol. The van der Waals surface area contributed by atoms with E-state index in [2.05, 4.69) is 0 Å². The van der Waals surface area contributed by atoms with Crippen molar-refractivity contribution in [3.63, 3.8) is 0 Å². The first kappa shape index (κ1) is 20.5. The molecule has 0 bridgehead atoms. The van der Waals surface area contributed by atoms with Gasteiger partial charge in [-0.2, -0.15) is 0 Å².